The summed E-state index contributed by atoms with van der Waals surface area (Å²) in [5, 5.41) is 5.97. The minimum atomic E-state index is -0.643. The first-order chi connectivity index (χ1) is 20.4. The van der Waals surface area contributed by atoms with Gasteiger partial charge in [0.25, 0.3) is 11.8 Å². The van der Waals surface area contributed by atoms with Gasteiger partial charge in [0, 0.05) is 50.4 Å². The van der Waals surface area contributed by atoms with E-state index in [4.69, 9.17) is 20.8 Å². The SMILES string of the molecule is O=C(Nc1ccc(Cl)cn1)c1oc2cc(C(=O)N3CCOCC3)cnc2c1NC(=O)[C@H]1CC[C@H](N2CCCC2=O)CC1. The van der Waals surface area contributed by atoms with Crippen LogP contribution < -0.4 is 10.6 Å². The Labute approximate surface area is 246 Å². The topological polar surface area (TPSA) is 147 Å². The molecule has 1 saturated carbocycles. The number of rotatable bonds is 6. The van der Waals surface area contributed by atoms with Crippen LogP contribution in [0, 0.1) is 5.92 Å². The number of anilines is 2. The number of nitrogens with one attached hydrogen (secondary N) is 2. The van der Waals surface area contributed by atoms with Crippen LogP contribution in [0.15, 0.2) is 35.0 Å². The van der Waals surface area contributed by atoms with E-state index in [-0.39, 0.29) is 58.0 Å². The van der Waals surface area contributed by atoms with E-state index >= 15 is 0 Å². The van der Waals surface area contributed by atoms with E-state index in [1.165, 1.54) is 18.5 Å². The molecule has 0 radical (unpaired) electrons. The van der Waals surface area contributed by atoms with Gasteiger partial charge in [0.2, 0.25) is 17.6 Å². The summed E-state index contributed by atoms with van der Waals surface area (Å²) in [6, 6.07) is 4.83. The molecule has 3 aliphatic rings. The van der Waals surface area contributed by atoms with E-state index < -0.39 is 5.91 Å². The Bertz CT molecular complexity index is 1510. The fourth-order valence-corrected chi connectivity index (χ4v) is 5.99. The minimum Gasteiger partial charge on any atom is -0.447 e. The van der Waals surface area contributed by atoms with Crippen molar-refractivity contribution in [1.82, 2.24) is 19.8 Å². The zero-order chi connectivity index (χ0) is 29.2. The van der Waals surface area contributed by atoms with Crippen LogP contribution in [-0.2, 0) is 14.3 Å². The average Bonchev–Trinajstić information content (AvgIpc) is 3.61. The average molecular weight is 595 g/mol. The van der Waals surface area contributed by atoms with Gasteiger partial charge in [-0.05, 0) is 50.3 Å². The minimum absolute atomic E-state index is 0.128. The van der Waals surface area contributed by atoms with Gasteiger partial charge >= 0.3 is 0 Å². The molecule has 2 saturated heterocycles. The smallest absolute Gasteiger partial charge is 0.294 e. The van der Waals surface area contributed by atoms with Gasteiger partial charge in [-0.1, -0.05) is 11.6 Å². The van der Waals surface area contributed by atoms with Gasteiger partial charge in [-0.3, -0.25) is 19.2 Å². The van der Waals surface area contributed by atoms with Crippen LogP contribution in [0.5, 0.6) is 0 Å². The van der Waals surface area contributed by atoms with Crippen molar-refractivity contribution in [3.05, 3.63) is 46.9 Å². The summed E-state index contributed by atoms with van der Waals surface area (Å²) in [4.78, 5) is 64.2. The van der Waals surface area contributed by atoms with Crippen LogP contribution in [0.4, 0.5) is 11.5 Å². The first kappa shape index (κ1) is 28.1. The molecule has 0 unspecified atom stereocenters. The first-order valence-electron chi connectivity index (χ1n) is 14.2. The van der Waals surface area contributed by atoms with Gasteiger partial charge < -0.3 is 29.6 Å². The third kappa shape index (κ3) is 5.82. The van der Waals surface area contributed by atoms with Gasteiger partial charge in [-0.25, -0.2) is 9.97 Å². The second-order valence-electron chi connectivity index (χ2n) is 10.8. The van der Waals surface area contributed by atoms with Crippen molar-refractivity contribution < 1.29 is 28.3 Å². The summed E-state index contributed by atoms with van der Waals surface area (Å²) in [6.07, 6.45) is 7.04. The van der Waals surface area contributed by atoms with E-state index in [9.17, 15) is 19.2 Å². The molecule has 0 atom stereocenters. The van der Waals surface area contributed by atoms with Crippen LogP contribution in [-0.4, -0.2) is 82.3 Å². The number of aromatic nitrogens is 2. The summed E-state index contributed by atoms with van der Waals surface area (Å²) in [5.74, 6) is -1.13. The summed E-state index contributed by atoms with van der Waals surface area (Å²) < 4.78 is 11.3. The summed E-state index contributed by atoms with van der Waals surface area (Å²) in [7, 11) is 0. The largest absolute Gasteiger partial charge is 0.447 e. The number of furan rings is 1. The predicted octanol–water partition coefficient (Wildman–Crippen LogP) is 3.72. The summed E-state index contributed by atoms with van der Waals surface area (Å²) >= 11 is 5.92. The molecule has 5 heterocycles. The Morgan fingerprint density at radius 1 is 0.976 bits per heavy atom. The van der Waals surface area contributed by atoms with Crippen molar-refractivity contribution >= 4 is 57.8 Å². The number of pyridine rings is 2. The number of halogens is 1. The van der Waals surface area contributed by atoms with Crippen LogP contribution in [0.2, 0.25) is 5.02 Å². The van der Waals surface area contributed by atoms with E-state index in [1.807, 2.05) is 4.90 Å². The van der Waals surface area contributed by atoms with Crippen molar-refractivity contribution in [3.63, 3.8) is 0 Å². The Morgan fingerprint density at radius 2 is 1.76 bits per heavy atom. The molecule has 2 aliphatic heterocycles. The number of fused-ring (bicyclic) bond motifs is 1. The molecule has 0 bridgehead atoms. The molecule has 0 spiro atoms. The number of carbonyl (C=O) groups is 4. The van der Waals surface area contributed by atoms with Crippen LogP contribution in [0.25, 0.3) is 11.1 Å². The van der Waals surface area contributed by atoms with E-state index in [2.05, 4.69) is 20.6 Å². The molecule has 3 fully saturated rings. The number of amides is 4. The fourth-order valence-electron chi connectivity index (χ4n) is 5.87. The zero-order valence-electron chi connectivity index (χ0n) is 22.9. The Balaban J connectivity index is 1.24. The molecule has 6 rings (SSSR count). The van der Waals surface area contributed by atoms with E-state index in [0.29, 0.717) is 56.2 Å². The second-order valence-corrected chi connectivity index (χ2v) is 11.2. The van der Waals surface area contributed by atoms with E-state index in [0.717, 1.165) is 25.8 Å². The number of likely N-dealkylation sites (tertiary alicyclic amines) is 1. The van der Waals surface area contributed by atoms with Crippen LogP contribution in [0.3, 0.4) is 0 Å². The standard InChI is InChI=1S/C29H31ClN6O6/c30-19-5-8-22(31-16-19)33-28(39)26-25(34-27(38)17-3-6-20(7-4-17)36-9-1-2-23(36)37)24-21(42-26)14-18(15-32-24)29(40)35-10-12-41-13-11-35/h5,8,14-17,20H,1-4,6-7,9-13H2,(H,34,38)(H,31,33,39)/t17-,20-. The predicted molar refractivity (Wildman–Crippen MR) is 153 cm³/mol. The fraction of sp³-hybridized carbons (Fsp3) is 0.448. The number of nitrogens with zero attached hydrogens (tertiary/aromatic N) is 4. The highest BCUT2D eigenvalue weighted by Crippen LogP contribution is 2.34. The highest BCUT2D eigenvalue weighted by atomic mass is 35.5. The summed E-state index contributed by atoms with van der Waals surface area (Å²) in [6.45, 7) is 2.62. The number of hydrogen-bond donors (Lipinski definition) is 2. The van der Waals surface area contributed by atoms with Crippen molar-refractivity contribution in [2.75, 3.05) is 43.5 Å². The molecule has 13 heteroatoms. The quantitative estimate of drug-likeness (QED) is 0.439. The Morgan fingerprint density at radius 3 is 2.45 bits per heavy atom. The van der Waals surface area contributed by atoms with Crippen molar-refractivity contribution in [3.8, 4) is 0 Å². The summed E-state index contributed by atoms with van der Waals surface area (Å²) in [5.41, 5.74) is 0.878. The normalized spacial score (nSPS) is 21.0. The maximum atomic E-state index is 13.5. The monoisotopic (exact) mass is 594 g/mol. The molecule has 3 aromatic heterocycles. The number of ether oxygens (including phenoxy) is 1. The molecule has 42 heavy (non-hydrogen) atoms. The Kier molecular flexibility index (Phi) is 8.07. The lowest BCUT2D eigenvalue weighted by Gasteiger charge is -2.34. The lowest BCUT2D eigenvalue weighted by molar-refractivity contribution is -0.130. The molecule has 3 aromatic rings. The molecule has 0 aromatic carbocycles. The van der Waals surface area contributed by atoms with Crippen LogP contribution in [0.1, 0.15) is 59.4 Å². The molecule has 1 aliphatic carbocycles. The Hall–Kier alpha value is -4.03. The molecule has 12 nitrogen and oxygen atoms in total. The number of hydrogen-bond acceptors (Lipinski definition) is 8. The van der Waals surface area contributed by atoms with Gasteiger partial charge in [-0.15, -0.1) is 0 Å². The maximum absolute atomic E-state index is 13.5. The molecular formula is C29H31ClN6O6. The van der Waals surface area contributed by atoms with Gasteiger partial charge in [-0.2, -0.15) is 0 Å². The third-order valence-electron chi connectivity index (χ3n) is 8.12. The molecular weight excluding hydrogens is 564 g/mol. The third-order valence-corrected chi connectivity index (χ3v) is 8.34. The second kappa shape index (κ2) is 12.1. The van der Waals surface area contributed by atoms with Crippen LogP contribution >= 0.6 is 11.6 Å². The highest BCUT2D eigenvalue weighted by Gasteiger charge is 2.34. The lowest BCUT2D eigenvalue weighted by Crippen LogP contribution is -2.40. The molecule has 2 N–H and O–H groups in total. The van der Waals surface area contributed by atoms with Gasteiger partial charge in [0.05, 0.1) is 23.8 Å². The first-order valence-corrected chi connectivity index (χ1v) is 14.6. The van der Waals surface area contributed by atoms with Crippen molar-refractivity contribution in [2.45, 2.75) is 44.6 Å². The zero-order valence-corrected chi connectivity index (χ0v) is 23.7. The van der Waals surface area contributed by atoms with Gasteiger partial charge in [0.1, 0.15) is 17.0 Å². The lowest BCUT2D eigenvalue weighted by atomic mass is 9.84. The molecule has 220 valence electrons. The molecule has 4 amide bonds. The maximum Gasteiger partial charge on any atom is 0.294 e. The number of carbonyl (C=O) groups excluding carboxylic acids is 4. The van der Waals surface area contributed by atoms with Crippen molar-refractivity contribution in [2.24, 2.45) is 5.92 Å². The highest BCUT2D eigenvalue weighted by molar-refractivity contribution is 6.30. The van der Waals surface area contributed by atoms with Gasteiger partial charge in [0.15, 0.2) is 5.58 Å². The number of morpholine rings is 1. The van der Waals surface area contributed by atoms with E-state index in [1.54, 1.807) is 17.0 Å². The van der Waals surface area contributed by atoms with Crippen molar-refractivity contribution in [1.29, 1.82) is 0 Å².